The predicted octanol–water partition coefficient (Wildman–Crippen LogP) is 10.3. The monoisotopic (exact) mass is 926 g/mol. The number of carbonyl (C=O) groups excluding carboxylic acids is 1. The quantitative estimate of drug-likeness (QED) is 0.0193. The van der Waals surface area contributed by atoms with Crippen LogP contribution in [0.1, 0.15) is 56.8 Å². The van der Waals surface area contributed by atoms with Crippen LogP contribution in [-0.2, 0) is 38.6 Å². The number of carboxylic acids is 1. The summed E-state index contributed by atoms with van der Waals surface area (Å²) in [7, 11) is 0. The molecule has 0 bridgehead atoms. The molecule has 65 heavy (non-hydrogen) atoms. The minimum absolute atomic E-state index is 0.0650. The molecule has 0 saturated carbocycles. The SMILES string of the molecule is Cc1ccc(OOSOc2ccc(C(=O)Nc3ccc(OCC(C)(C)COc4ccc(NOCc5ccc(OS(=O)Oc6ccc(C)cc6)cc5COO)cc4)cc3)c(C(=O)O)c2)cc1. The summed E-state index contributed by atoms with van der Waals surface area (Å²) >= 11 is -1.60. The Bertz CT molecular complexity index is 2520. The van der Waals surface area contributed by atoms with Crippen LogP contribution in [0.15, 0.2) is 133 Å². The summed E-state index contributed by atoms with van der Waals surface area (Å²) in [5.41, 5.74) is 6.59. The Morgan fingerprint density at radius 1 is 0.631 bits per heavy atom. The van der Waals surface area contributed by atoms with Gasteiger partial charge in [0, 0.05) is 11.1 Å². The number of ether oxygens (including phenoxy) is 2. The lowest BCUT2D eigenvalue weighted by Crippen LogP contribution is -2.28. The van der Waals surface area contributed by atoms with E-state index in [9.17, 15) is 18.9 Å². The first-order chi connectivity index (χ1) is 31.3. The lowest BCUT2D eigenvalue weighted by atomic mass is 9.96. The molecule has 0 spiro atoms. The van der Waals surface area contributed by atoms with E-state index in [-0.39, 0.29) is 35.8 Å². The van der Waals surface area contributed by atoms with Crippen LogP contribution >= 0.6 is 12.3 Å². The molecule has 0 heterocycles. The van der Waals surface area contributed by atoms with Crippen molar-refractivity contribution in [2.24, 2.45) is 5.41 Å². The van der Waals surface area contributed by atoms with Crippen LogP contribution in [0.5, 0.6) is 34.5 Å². The molecule has 18 heteroatoms. The van der Waals surface area contributed by atoms with Crippen LogP contribution < -0.4 is 37.7 Å². The normalized spacial score (nSPS) is 11.5. The highest BCUT2D eigenvalue weighted by atomic mass is 32.2. The van der Waals surface area contributed by atoms with E-state index < -0.39 is 28.7 Å². The van der Waals surface area contributed by atoms with Gasteiger partial charge >= 0.3 is 17.3 Å². The molecule has 0 aromatic heterocycles. The second-order valence-electron chi connectivity index (χ2n) is 15.2. The number of aromatic carboxylic acids is 1. The molecular weight excluding hydrogens is 881 g/mol. The number of carbonyl (C=O) groups is 2. The van der Waals surface area contributed by atoms with Crippen molar-refractivity contribution in [3.05, 3.63) is 167 Å². The second kappa shape index (κ2) is 23.2. The highest BCUT2D eigenvalue weighted by Gasteiger charge is 2.22. The molecule has 0 radical (unpaired) electrons. The van der Waals surface area contributed by atoms with Gasteiger partial charge in [-0.2, -0.15) is 4.21 Å². The van der Waals surface area contributed by atoms with Crippen molar-refractivity contribution in [2.75, 3.05) is 24.0 Å². The van der Waals surface area contributed by atoms with Crippen molar-refractivity contribution in [3.8, 4) is 34.5 Å². The zero-order valence-electron chi connectivity index (χ0n) is 35.6. The maximum Gasteiger partial charge on any atom is 0.417 e. The van der Waals surface area contributed by atoms with Crippen molar-refractivity contribution < 1.29 is 65.1 Å². The highest BCUT2D eigenvalue weighted by Crippen LogP contribution is 2.27. The first kappa shape index (κ1) is 47.7. The van der Waals surface area contributed by atoms with Gasteiger partial charge < -0.3 is 37.3 Å². The van der Waals surface area contributed by atoms with E-state index in [1.807, 2.05) is 52.0 Å². The topological polar surface area (TPSA) is 199 Å². The van der Waals surface area contributed by atoms with E-state index >= 15 is 0 Å². The molecule has 6 rings (SSSR count). The minimum Gasteiger partial charge on any atom is -0.493 e. The van der Waals surface area contributed by atoms with Crippen molar-refractivity contribution in [1.29, 1.82) is 0 Å². The smallest absolute Gasteiger partial charge is 0.417 e. The highest BCUT2D eigenvalue weighted by molar-refractivity contribution is 7.90. The van der Waals surface area contributed by atoms with Gasteiger partial charge in [0.15, 0.2) is 5.75 Å². The van der Waals surface area contributed by atoms with Crippen LogP contribution in [0.3, 0.4) is 0 Å². The zero-order valence-corrected chi connectivity index (χ0v) is 37.3. The Kier molecular flexibility index (Phi) is 17.0. The number of rotatable bonds is 24. The number of hydrogen-bond donors (Lipinski definition) is 4. The van der Waals surface area contributed by atoms with Crippen molar-refractivity contribution >= 4 is 46.9 Å². The van der Waals surface area contributed by atoms with Gasteiger partial charge in [0.2, 0.25) is 0 Å². The van der Waals surface area contributed by atoms with E-state index in [2.05, 4.69) is 15.7 Å². The fourth-order valence-electron chi connectivity index (χ4n) is 5.67. The number of hydrogen-bond acceptors (Lipinski definition) is 15. The molecule has 1 atom stereocenters. The average Bonchev–Trinajstić information content (AvgIpc) is 3.29. The first-order valence-electron chi connectivity index (χ1n) is 19.8. The van der Waals surface area contributed by atoms with E-state index in [0.717, 1.165) is 11.1 Å². The summed E-state index contributed by atoms with van der Waals surface area (Å²) < 4.78 is 45.6. The lowest BCUT2D eigenvalue weighted by molar-refractivity contribution is -0.253. The number of anilines is 2. The summed E-state index contributed by atoms with van der Waals surface area (Å²) in [5, 5.41) is 21.7. The Morgan fingerprint density at radius 3 is 1.80 bits per heavy atom. The third-order valence-electron chi connectivity index (χ3n) is 9.17. The molecule has 6 aromatic carbocycles. The first-order valence-corrected chi connectivity index (χ1v) is 21.5. The van der Waals surface area contributed by atoms with Crippen molar-refractivity contribution in [2.45, 2.75) is 40.9 Å². The van der Waals surface area contributed by atoms with Gasteiger partial charge in [0.1, 0.15) is 35.4 Å². The van der Waals surface area contributed by atoms with Gasteiger partial charge in [-0.1, -0.05) is 59.6 Å². The van der Waals surface area contributed by atoms with Crippen LogP contribution in [0.4, 0.5) is 11.4 Å². The zero-order chi connectivity index (χ0) is 46.2. The van der Waals surface area contributed by atoms with Gasteiger partial charge in [-0.15, -0.1) is 0 Å². The van der Waals surface area contributed by atoms with E-state index in [1.165, 1.54) is 18.2 Å². The van der Waals surface area contributed by atoms with Crippen molar-refractivity contribution in [3.63, 3.8) is 0 Å². The van der Waals surface area contributed by atoms with E-state index in [0.29, 0.717) is 71.0 Å². The fourth-order valence-corrected chi connectivity index (χ4v) is 6.54. The summed E-state index contributed by atoms with van der Waals surface area (Å²) in [6, 6.07) is 37.0. The van der Waals surface area contributed by atoms with E-state index in [4.69, 9.17) is 41.3 Å². The summed E-state index contributed by atoms with van der Waals surface area (Å²) in [6.07, 6.45) is 0. The van der Waals surface area contributed by atoms with Crippen LogP contribution in [0, 0.1) is 19.3 Å². The standard InChI is InChI=1S/C47H46N2O14S2/c1-31-5-14-39(15-6-31)59-63-64-60-41-23-24-43(44(26-41)46(51)52)45(50)48-35-10-19-37(20-11-35)55-29-47(3,4)30-56-38-21-12-36(13-22-38)49-57-27-33-9-18-42(25-34(33)28-58-53)62-65(54)61-40-16-7-32(2)8-17-40/h5-26,49,53H,27-30H2,1-4H3,(H,48,50)(H,51,52). The lowest BCUT2D eigenvalue weighted by Gasteiger charge is -2.25. The summed E-state index contributed by atoms with van der Waals surface area (Å²) in [5.74, 6) is 0.506. The third kappa shape index (κ3) is 15.2. The minimum atomic E-state index is -2.10. The number of amides is 1. The van der Waals surface area contributed by atoms with Crippen molar-refractivity contribution in [1.82, 2.24) is 0 Å². The number of carboxylic acid groups (broad SMARTS) is 1. The molecule has 0 aliphatic rings. The summed E-state index contributed by atoms with van der Waals surface area (Å²) in [6.45, 7) is 8.48. The van der Waals surface area contributed by atoms with Gasteiger partial charge in [-0.05, 0) is 128 Å². The predicted molar refractivity (Wildman–Crippen MR) is 243 cm³/mol. The molecule has 0 aliphatic carbocycles. The number of benzene rings is 6. The molecule has 0 fully saturated rings. The molecule has 4 N–H and O–H groups in total. The Balaban J connectivity index is 0.908. The Hall–Kier alpha value is -6.80. The molecule has 0 saturated heterocycles. The van der Waals surface area contributed by atoms with Crippen LogP contribution in [0.25, 0.3) is 0 Å². The third-order valence-corrected chi connectivity index (χ3v) is 10.2. The average molecular weight is 927 g/mol. The van der Waals surface area contributed by atoms with Gasteiger partial charge in [0.05, 0.1) is 36.6 Å². The molecule has 16 nitrogen and oxygen atoms in total. The van der Waals surface area contributed by atoms with Gasteiger partial charge in [0.25, 0.3) is 18.2 Å². The maximum absolute atomic E-state index is 13.1. The van der Waals surface area contributed by atoms with Gasteiger partial charge in [-0.3, -0.25) is 20.4 Å². The Morgan fingerprint density at radius 2 is 1.18 bits per heavy atom. The molecule has 0 aliphatic heterocycles. The molecule has 1 amide bonds. The fraction of sp³-hybridized carbons (Fsp3) is 0.191. The number of aryl methyl sites for hydroxylation is 2. The molecule has 340 valence electrons. The largest absolute Gasteiger partial charge is 0.493 e. The van der Waals surface area contributed by atoms with Crippen LogP contribution in [0.2, 0.25) is 0 Å². The molecular formula is C47H46N2O14S2. The van der Waals surface area contributed by atoms with Gasteiger partial charge in [-0.25, -0.2) is 9.68 Å². The van der Waals surface area contributed by atoms with Crippen LogP contribution in [-0.4, -0.2) is 39.7 Å². The summed E-state index contributed by atoms with van der Waals surface area (Å²) in [4.78, 5) is 40.3. The molecule has 6 aromatic rings. The number of nitrogens with one attached hydrogen (secondary N) is 2. The Labute approximate surface area is 382 Å². The molecule has 1 unspecified atom stereocenters. The maximum atomic E-state index is 13.1. The van der Waals surface area contributed by atoms with E-state index in [1.54, 1.807) is 91.0 Å². The second-order valence-corrected chi connectivity index (χ2v) is 16.3.